The van der Waals surface area contributed by atoms with Gasteiger partial charge >= 0.3 is 0 Å². The van der Waals surface area contributed by atoms with Gasteiger partial charge in [-0.05, 0) is 68.4 Å². The first-order valence-corrected chi connectivity index (χ1v) is 12.6. The predicted molar refractivity (Wildman–Crippen MR) is 140 cm³/mol. The number of rotatable bonds is 9. The molecule has 3 rings (SSSR count). The Bertz CT molecular complexity index is 992. The minimum absolute atomic E-state index is 0.0102. The molecule has 0 aliphatic carbocycles. The lowest BCUT2D eigenvalue weighted by Gasteiger charge is -2.38. The number of nitrogens with zero attached hydrogens (tertiary/aromatic N) is 2. The van der Waals surface area contributed by atoms with Crippen LogP contribution in [0, 0.1) is 24.1 Å². The third-order valence-electron chi connectivity index (χ3n) is 6.77. The number of aryl methyl sites for hydroxylation is 1. The Labute approximate surface area is 204 Å². The van der Waals surface area contributed by atoms with Gasteiger partial charge in [-0.2, -0.15) is 5.10 Å². The molecule has 0 spiro atoms. The molecule has 1 aliphatic heterocycles. The molecule has 1 aliphatic rings. The van der Waals surface area contributed by atoms with E-state index < -0.39 is 5.54 Å². The lowest BCUT2D eigenvalue weighted by Crippen LogP contribution is -2.58. The summed E-state index contributed by atoms with van der Waals surface area (Å²) in [4.78, 5) is 13.9. The number of anilines is 1. The fourth-order valence-corrected chi connectivity index (χ4v) is 4.67. The van der Waals surface area contributed by atoms with Crippen LogP contribution in [0.1, 0.15) is 77.8 Å². The second-order valence-electron chi connectivity index (χ2n) is 10.9. The molecular weight excluding hydrogens is 425 g/mol. The van der Waals surface area contributed by atoms with Crippen molar-refractivity contribution < 1.29 is 9.18 Å². The van der Waals surface area contributed by atoms with Crippen LogP contribution >= 0.6 is 0 Å². The lowest BCUT2D eigenvalue weighted by molar-refractivity contribution is -0.126. The molecule has 0 radical (unpaired) electrons. The molecule has 2 aromatic rings. The third kappa shape index (κ3) is 5.86. The van der Waals surface area contributed by atoms with Crippen LogP contribution in [0.5, 0.6) is 0 Å². The van der Waals surface area contributed by atoms with Crippen molar-refractivity contribution in [3.05, 3.63) is 65.5 Å². The van der Waals surface area contributed by atoms with Gasteiger partial charge in [0.15, 0.2) is 0 Å². The predicted octanol–water partition coefficient (Wildman–Crippen LogP) is 6.87. The summed E-state index contributed by atoms with van der Waals surface area (Å²) in [7, 11) is 0. The Morgan fingerprint density at radius 2 is 1.74 bits per heavy atom. The summed E-state index contributed by atoms with van der Waals surface area (Å²) in [5.74, 6) is -0.395. The van der Waals surface area contributed by atoms with E-state index in [2.05, 4.69) is 33.0 Å². The molecule has 5 heteroatoms. The molecule has 0 bridgehead atoms. The van der Waals surface area contributed by atoms with Gasteiger partial charge < -0.3 is 5.32 Å². The van der Waals surface area contributed by atoms with Crippen LogP contribution in [0.4, 0.5) is 10.1 Å². The van der Waals surface area contributed by atoms with E-state index in [0.29, 0.717) is 6.54 Å². The van der Waals surface area contributed by atoms with Gasteiger partial charge in [-0.3, -0.25) is 4.79 Å². The summed E-state index contributed by atoms with van der Waals surface area (Å²) in [5.41, 5.74) is 3.11. The zero-order valence-corrected chi connectivity index (χ0v) is 21.6. The number of carbonyl (C=O) groups is 1. The van der Waals surface area contributed by atoms with E-state index >= 15 is 0 Å². The van der Waals surface area contributed by atoms with Crippen LogP contribution in [-0.4, -0.2) is 23.7 Å². The van der Waals surface area contributed by atoms with Gasteiger partial charge in [-0.25, -0.2) is 9.40 Å². The van der Waals surface area contributed by atoms with Crippen molar-refractivity contribution >= 4 is 17.3 Å². The average Bonchev–Trinajstić information content (AvgIpc) is 3.09. The molecule has 0 aromatic heterocycles. The lowest BCUT2D eigenvalue weighted by atomic mass is 9.77. The van der Waals surface area contributed by atoms with Crippen molar-refractivity contribution in [2.75, 3.05) is 11.6 Å². The Morgan fingerprint density at radius 1 is 1.09 bits per heavy atom. The number of hydrogen-bond donors (Lipinski definition) is 1. The van der Waals surface area contributed by atoms with E-state index in [9.17, 15) is 9.18 Å². The van der Waals surface area contributed by atoms with Gasteiger partial charge in [0.1, 0.15) is 11.4 Å². The van der Waals surface area contributed by atoms with Gasteiger partial charge in [-0.15, -0.1) is 0 Å². The summed E-state index contributed by atoms with van der Waals surface area (Å²) in [5, 5.41) is 10.1. The highest BCUT2D eigenvalue weighted by Gasteiger charge is 2.53. The van der Waals surface area contributed by atoms with Crippen LogP contribution in [0.25, 0.3) is 0 Å². The number of nitrogens with one attached hydrogen (secondary N) is 1. The minimum atomic E-state index is -0.879. The number of halogens is 1. The van der Waals surface area contributed by atoms with E-state index in [1.165, 1.54) is 12.1 Å². The van der Waals surface area contributed by atoms with Gasteiger partial charge in [0.2, 0.25) is 5.91 Å². The van der Waals surface area contributed by atoms with E-state index in [1.807, 2.05) is 43.1 Å². The molecule has 2 unspecified atom stereocenters. The second-order valence-corrected chi connectivity index (χ2v) is 10.9. The Morgan fingerprint density at radius 3 is 2.32 bits per heavy atom. The molecule has 184 valence electrons. The fourth-order valence-electron chi connectivity index (χ4n) is 4.67. The standard InChI is InChI=1S/C29H40FN3O/c1-7-8-10-25-26(22-13-15-23(30)16-14-22)32-33(24-17-11-21(2)12-18-24)29(25,6)27(34)31-20-9-19-28(3,4)5/h11-18,25H,7-10,19-20H2,1-6H3,(H,31,34). The first-order valence-electron chi connectivity index (χ1n) is 12.6. The highest BCUT2D eigenvalue weighted by Crippen LogP contribution is 2.42. The van der Waals surface area contributed by atoms with E-state index in [0.717, 1.165) is 54.6 Å². The van der Waals surface area contributed by atoms with Crippen molar-refractivity contribution in [3.63, 3.8) is 0 Å². The molecule has 1 heterocycles. The van der Waals surface area contributed by atoms with Crippen LogP contribution < -0.4 is 10.3 Å². The largest absolute Gasteiger partial charge is 0.354 e. The zero-order chi connectivity index (χ0) is 24.9. The van der Waals surface area contributed by atoms with E-state index in [1.54, 1.807) is 12.1 Å². The molecule has 0 saturated carbocycles. The van der Waals surface area contributed by atoms with Crippen LogP contribution in [-0.2, 0) is 4.79 Å². The molecule has 1 N–H and O–H groups in total. The first kappa shape index (κ1) is 25.9. The minimum Gasteiger partial charge on any atom is -0.354 e. The number of hydrazone groups is 1. The van der Waals surface area contributed by atoms with Crippen LogP contribution in [0.2, 0.25) is 0 Å². The van der Waals surface area contributed by atoms with Gasteiger partial charge in [-0.1, -0.05) is 70.4 Å². The SMILES string of the molecule is CCCCC1C(c2ccc(F)cc2)=NN(c2ccc(C)cc2)C1(C)C(=O)NCCCC(C)(C)C. The third-order valence-corrected chi connectivity index (χ3v) is 6.77. The van der Waals surface area contributed by atoms with Gasteiger partial charge in [0, 0.05) is 12.5 Å². The zero-order valence-electron chi connectivity index (χ0n) is 21.6. The molecule has 2 atom stereocenters. The molecule has 34 heavy (non-hydrogen) atoms. The molecule has 2 aromatic carbocycles. The maximum Gasteiger partial charge on any atom is 0.248 e. The van der Waals surface area contributed by atoms with E-state index in [-0.39, 0.29) is 23.1 Å². The summed E-state index contributed by atoms with van der Waals surface area (Å²) in [6, 6.07) is 14.6. The Hall–Kier alpha value is -2.69. The van der Waals surface area contributed by atoms with E-state index in [4.69, 9.17) is 5.10 Å². The number of unbranched alkanes of at least 4 members (excludes halogenated alkanes) is 1. The van der Waals surface area contributed by atoms with Crippen molar-refractivity contribution in [1.29, 1.82) is 0 Å². The maximum atomic E-state index is 13.9. The maximum absolute atomic E-state index is 13.9. The molecule has 0 saturated heterocycles. The monoisotopic (exact) mass is 465 g/mol. The number of carbonyl (C=O) groups excluding carboxylic acids is 1. The molecular formula is C29H40FN3O. The number of amides is 1. The smallest absolute Gasteiger partial charge is 0.248 e. The summed E-state index contributed by atoms with van der Waals surface area (Å²) in [6.07, 6.45) is 4.82. The molecule has 0 fully saturated rings. The topological polar surface area (TPSA) is 44.7 Å². The van der Waals surface area contributed by atoms with Crippen LogP contribution in [0.15, 0.2) is 53.6 Å². The van der Waals surface area contributed by atoms with Crippen molar-refractivity contribution in [1.82, 2.24) is 5.32 Å². The average molecular weight is 466 g/mol. The highest BCUT2D eigenvalue weighted by atomic mass is 19.1. The van der Waals surface area contributed by atoms with Crippen LogP contribution in [0.3, 0.4) is 0 Å². The molecule has 1 amide bonds. The Balaban J connectivity index is 1.99. The van der Waals surface area contributed by atoms with Crippen molar-refractivity contribution in [2.24, 2.45) is 16.4 Å². The van der Waals surface area contributed by atoms with Gasteiger partial charge in [0.05, 0.1) is 11.4 Å². The quantitative estimate of drug-likeness (QED) is 0.411. The highest BCUT2D eigenvalue weighted by molar-refractivity contribution is 6.10. The van der Waals surface area contributed by atoms with Crippen molar-refractivity contribution in [3.8, 4) is 0 Å². The number of hydrogen-bond acceptors (Lipinski definition) is 3. The first-order chi connectivity index (χ1) is 16.1. The molecule has 4 nitrogen and oxygen atoms in total. The summed E-state index contributed by atoms with van der Waals surface area (Å²) >= 11 is 0. The Kier molecular flexibility index (Phi) is 8.17. The summed E-state index contributed by atoms with van der Waals surface area (Å²) in [6.45, 7) is 13.5. The summed E-state index contributed by atoms with van der Waals surface area (Å²) < 4.78 is 13.7. The van der Waals surface area contributed by atoms with Crippen molar-refractivity contribution in [2.45, 2.75) is 79.2 Å². The second kappa shape index (κ2) is 10.7. The fraction of sp³-hybridized carbons (Fsp3) is 0.517. The van der Waals surface area contributed by atoms with Gasteiger partial charge in [0.25, 0.3) is 0 Å². The number of benzene rings is 2. The normalized spacial score (nSPS) is 20.4.